The number of rotatable bonds is 4. The molecule has 14 heavy (non-hydrogen) atoms. The third-order valence-corrected chi connectivity index (χ3v) is 4.37. The van der Waals surface area contributed by atoms with Gasteiger partial charge in [0, 0.05) is 18.0 Å². The summed E-state index contributed by atoms with van der Waals surface area (Å²) in [7, 11) is -3.31. The summed E-state index contributed by atoms with van der Waals surface area (Å²) in [5.41, 5.74) is 5.20. The van der Waals surface area contributed by atoms with Gasteiger partial charge in [0.15, 0.2) is 0 Å². The quantitative estimate of drug-likeness (QED) is 0.834. The highest BCUT2D eigenvalue weighted by molar-refractivity contribution is 7.91. The molecule has 0 aromatic carbocycles. The molecule has 7 heteroatoms. The standard InChI is InChI=1S/C7H12N2O2S2.ClH/c1-6-2-3-7(12-6)13(10,11)9-5-4-8;/h2-3,9H,4-5,8H2,1H3;1H. The second-order valence-corrected chi connectivity index (χ2v) is 5.83. The lowest BCUT2D eigenvalue weighted by molar-refractivity contribution is 0.584. The Hall–Kier alpha value is -0.140. The lowest BCUT2D eigenvalue weighted by Gasteiger charge is -2.01. The molecule has 0 aliphatic heterocycles. The molecule has 0 radical (unpaired) electrons. The van der Waals surface area contributed by atoms with E-state index in [2.05, 4.69) is 4.72 Å². The van der Waals surface area contributed by atoms with Crippen molar-refractivity contribution in [1.82, 2.24) is 4.72 Å². The smallest absolute Gasteiger partial charge is 0.250 e. The molecule has 0 aliphatic rings. The van der Waals surface area contributed by atoms with Gasteiger partial charge in [0.05, 0.1) is 0 Å². The summed E-state index contributed by atoms with van der Waals surface area (Å²) in [6, 6.07) is 3.38. The second-order valence-electron chi connectivity index (χ2n) is 2.55. The zero-order valence-electron chi connectivity index (χ0n) is 7.69. The van der Waals surface area contributed by atoms with E-state index in [1.54, 1.807) is 12.1 Å². The zero-order chi connectivity index (χ0) is 9.90. The second kappa shape index (κ2) is 5.67. The van der Waals surface area contributed by atoms with E-state index in [4.69, 9.17) is 5.73 Å². The van der Waals surface area contributed by atoms with Crippen molar-refractivity contribution >= 4 is 33.8 Å². The van der Waals surface area contributed by atoms with Gasteiger partial charge in [-0.2, -0.15) is 0 Å². The van der Waals surface area contributed by atoms with Crippen LogP contribution in [0.2, 0.25) is 0 Å². The van der Waals surface area contributed by atoms with Crippen LogP contribution in [0.3, 0.4) is 0 Å². The highest BCUT2D eigenvalue weighted by Crippen LogP contribution is 2.19. The molecule has 4 nitrogen and oxygen atoms in total. The lowest BCUT2D eigenvalue weighted by atomic mass is 10.5. The van der Waals surface area contributed by atoms with Gasteiger partial charge in [0.1, 0.15) is 4.21 Å². The molecule has 1 heterocycles. The third-order valence-electron chi connectivity index (χ3n) is 1.42. The fourth-order valence-corrected chi connectivity index (χ4v) is 3.20. The van der Waals surface area contributed by atoms with E-state index >= 15 is 0 Å². The van der Waals surface area contributed by atoms with Crippen molar-refractivity contribution in [3.05, 3.63) is 17.0 Å². The number of nitrogens with two attached hydrogens (primary N) is 1. The van der Waals surface area contributed by atoms with E-state index in [0.717, 1.165) is 4.88 Å². The molecule has 1 aromatic heterocycles. The van der Waals surface area contributed by atoms with Gasteiger partial charge in [0.2, 0.25) is 10.0 Å². The number of sulfonamides is 1. The van der Waals surface area contributed by atoms with Crippen molar-refractivity contribution in [2.45, 2.75) is 11.1 Å². The topological polar surface area (TPSA) is 72.2 Å². The number of thiophene rings is 1. The summed E-state index contributed by atoms with van der Waals surface area (Å²) in [5, 5.41) is 0. The fourth-order valence-electron chi connectivity index (χ4n) is 0.821. The highest BCUT2D eigenvalue weighted by atomic mass is 35.5. The van der Waals surface area contributed by atoms with Crippen LogP contribution in [0, 0.1) is 6.92 Å². The molecular formula is C7H13ClN2O2S2. The molecule has 0 atom stereocenters. The molecule has 0 aliphatic carbocycles. The fraction of sp³-hybridized carbons (Fsp3) is 0.429. The van der Waals surface area contributed by atoms with Crippen LogP contribution in [0.5, 0.6) is 0 Å². The van der Waals surface area contributed by atoms with Crippen LogP contribution in [0.25, 0.3) is 0 Å². The minimum absolute atomic E-state index is 0. The molecule has 82 valence electrons. The number of hydrogen-bond acceptors (Lipinski definition) is 4. The number of hydrogen-bond donors (Lipinski definition) is 2. The summed E-state index contributed by atoms with van der Waals surface area (Å²) >= 11 is 1.25. The van der Waals surface area contributed by atoms with E-state index in [-0.39, 0.29) is 19.0 Å². The van der Waals surface area contributed by atoms with Gasteiger partial charge < -0.3 is 5.73 Å². The average Bonchev–Trinajstić information content (AvgIpc) is 2.49. The minimum Gasteiger partial charge on any atom is -0.329 e. The van der Waals surface area contributed by atoms with Crippen molar-refractivity contribution in [3.8, 4) is 0 Å². The summed E-state index contributed by atoms with van der Waals surface area (Å²) in [4.78, 5) is 0.980. The monoisotopic (exact) mass is 256 g/mol. The first kappa shape index (κ1) is 13.9. The van der Waals surface area contributed by atoms with E-state index in [0.29, 0.717) is 10.8 Å². The first-order valence-corrected chi connectivity index (χ1v) is 6.12. The first-order valence-electron chi connectivity index (χ1n) is 3.82. The summed E-state index contributed by atoms with van der Waals surface area (Å²) in [5.74, 6) is 0. The lowest BCUT2D eigenvalue weighted by Crippen LogP contribution is -2.28. The van der Waals surface area contributed by atoms with Crippen molar-refractivity contribution in [3.63, 3.8) is 0 Å². The van der Waals surface area contributed by atoms with Crippen molar-refractivity contribution in [2.24, 2.45) is 5.73 Å². The van der Waals surface area contributed by atoms with Crippen molar-refractivity contribution < 1.29 is 8.42 Å². The van der Waals surface area contributed by atoms with Crippen LogP contribution in [0.4, 0.5) is 0 Å². The molecule has 0 saturated carbocycles. The molecule has 0 fully saturated rings. The van der Waals surface area contributed by atoms with Crippen LogP contribution in [0.1, 0.15) is 4.88 Å². The normalized spacial score (nSPS) is 11.0. The summed E-state index contributed by atoms with van der Waals surface area (Å²) in [6.07, 6.45) is 0. The number of halogens is 1. The van der Waals surface area contributed by atoms with Gasteiger partial charge in [-0.25, -0.2) is 13.1 Å². The van der Waals surface area contributed by atoms with Crippen LogP contribution in [-0.2, 0) is 10.0 Å². The molecule has 0 spiro atoms. The molecule has 0 saturated heterocycles. The Morgan fingerprint density at radius 2 is 2.14 bits per heavy atom. The Morgan fingerprint density at radius 1 is 1.50 bits per heavy atom. The molecular weight excluding hydrogens is 244 g/mol. The zero-order valence-corrected chi connectivity index (χ0v) is 10.1. The van der Waals surface area contributed by atoms with Crippen LogP contribution in [-0.4, -0.2) is 21.5 Å². The Balaban J connectivity index is 0.00000169. The van der Waals surface area contributed by atoms with Gasteiger partial charge in [-0.05, 0) is 19.1 Å². The number of nitrogens with one attached hydrogen (secondary N) is 1. The summed E-state index contributed by atoms with van der Waals surface area (Å²) < 4.78 is 25.6. The van der Waals surface area contributed by atoms with E-state index in [1.165, 1.54) is 11.3 Å². The van der Waals surface area contributed by atoms with Gasteiger partial charge in [-0.3, -0.25) is 0 Å². The summed E-state index contributed by atoms with van der Waals surface area (Å²) in [6.45, 7) is 2.45. The molecule has 1 aromatic rings. The van der Waals surface area contributed by atoms with Gasteiger partial charge >= 0.3 is 0 Å². The molecule has 0 amide bonds. The molecule has 1 rings (SSSR count). The number of aryl methyl sites for hydroxylation is 1. The average molecular weight is 257 g/mol. The van der Waals surface area contributed by atoms with Crippen LogP contribution < -0.4 is 10.5 Å². The van der Waals surface area contributed by atoms with E-state index in [9.17, 15) is 8.42 Å². The molecule has 0 unspecified atom stereocenters. The maximum atomic E-state index is 11.4. The highest BCUT2D eigenvalue weighted by Gasteiger charge is 2.14. The van der Waals surface area contributed by atoms with Gasteiger partial charge in [0.25, 0.3) is 0 Å². The van der Waals surface area contributed by atoms with Gasteiger partial charge in [-0.15, -0.1) is 23.7 Å². The maximum absolute atomic E-state index is 11.4. The van der Waals surface area contributed by atoms with Crippen LogP contribution in [0.15, 0.2) is 16.3 Å². The maximum Gasteiger partial charge on any atom is 0.250 e. The largest absolute Gasteiger partial charge is 0.329 e. The Bertz CT molecular complexity index is 375. The third kappa shape index (κ3) is 3.55. The Labute approximate surface area is 94.0 Å². The van der Waals surface area contributed by atoms with Gasteiger partial charge in [-0.1, -0.05) is 0 Å². The van der Waals surface area contributed by atoms with Crippen molar-refractivity contribution in [2.75, 3.05) is 13.1 Å². The predicted octanol–water partition coefficient (Wildman–Crippen LogP) is 0.715. The predicted molar refractivity (Wildman–Crippen MR) is 60.5 cm³/mol. The first-order chi connectivity index (χ1) is 6.06. The SMILES string of the molecule is Cc1ccc(S(=O)(=O)NCCN)s1.Cl. The van der Waals surface area contributed by atoms with E-state index < -0.39 is 10.0 Å². The van der Waals surface area contributed by atoms with Crippen LogP contribution >= 0.6 is 23.7 Å². The minimum atomic E-state index is -3.31. The Morgan fingerprint density at radius 3 is 2.57 bits per heavy atom. The Kier molecular flexibility index (Phi) is 5.61. The molecule has 3 N–H and O–H groups in total. The van der Waals surface area contributed by atoms with E-state index in [1.807, 2.05) is 6.92 Å². The molecule has 0 bridgehead atoms. The van der Waals surface area contributed by atoms with Crippen molar-refractivity contribution in [1.29, 1.82) is 0 Å².